The maximum absolute atomic E-state index is 12.3. The second-order valence-electron chi connectivity index (χ2n) is 4.22. The van der Waals surface area contributed by atoms with Gasteiger partial charge in [-0.1, -0.05) is 22.0 Å². The summed E-state index contributed by atoms with van der Waals surface area (Å²) in [6.45, 7) is 3.74. The highest BCUT2D eigenvalue weighted by Crippen LogP contribution is 2.25. The first-order valence-corrected chi connectivity index (χ1v) is 7.12. The number of thiocarbonyl (C=S) groups is 1. The molecule has 2 rings (SSSR count). The van der Waals surface area contributed by atoms with E-state index in [4.69, 9.17) is 12.2 Å². The van der Waals surface area contributed by atoms with Crippen LogP contribution < -0.4 is 5.32 Å². The first kappa shape index (κ1) is 15.4. The molecule has 2 amide bonds. The number of hydrogen-bond donors (Lipinski definition) is 2. The zero-order valence-electron chi connectivity index (χ0n) is 10.8. The molecule has 0 aromatic heterocycles. The maximum Gasteiger partial charge on any atom is 0.265 e. The topological polar surface area (TPSA) is 69.6 Å². The summed E-state index contributed by atoms with van der Waals surface area (Å²) >= 11 is 8.22. The van der Waals surface area contributed by atoms with Crippen molar-refractivity contribution in [3.8, 4) is 5.75 Å². The Balaban J connectivity index is 2.45. The highest BCUT2D eigenvalue weighted by Gasteiger charge is 2.32. The number of nitrogens with zero attached hydrogens (tertiary/aromatic N) is 1. The Hall–Kier alpha value is -1.99. The van der Waals surface area contributed by atoms with Crippen LogP contribution in [-0.2, 0) is 9.59 Å². The van der Waals surface area contributed by atoms with Crippen LogP contribution in [0.2, 0.25) is 0 Å². The highest BCUT2D eigenvalue weighted by atomic mass is 79.9. The molecule has 0 unspecified atom stereocenters. The van der Waals surface area contributed by atoms with Gasteiger partial charge < -0.3 is 5.11 Å². The molecule has 0 bridgehead atoms. The molecular weight excluding hydrogens is 356 g/mol. The molecule has 0 spiro atoms. The normalized spacial score (nSPS) is 17.1. The quantitative estimate of drug-likeness (QED) is 0.371. The monoisotopic (exact) mass is 366 g/mol. The van der Waals surface area contributed by atoms with Crippen molar-refractivity contribution in [3.05, 3.63) is 46.5 Å². The third kappa shape index (κ3) is 3.20. The van der Waals surface area contributed by atoms with Crippen molar-refractivity contribution in [2.45, 2.75) is 0 Å². The van der Waals surface area contributed by atoms with Crippen molar-refractivity contribution in [3.63, 3.8) is 0 Å². The number of benzene rings is 1. The molecule has 1 fully saturated rings. The van der Waals surface area contributed by atoms with Crippen LogP contribution in [-0.4, -0.2) is 33.5 Å². The van der Waals surface area contributed by atoms with E-state index in [2.05, 4.69) is 27.8 Å². The molecule has 108 valence electrons. The van der Waals surface area contributed by atoms with E-state index >= 15 is 0 Å². The standard InChI is InChI=1S/C14H11BrN2O3S/c1-2-5-17-13(20)10(12(19)16-14(17)21)7-8-6-9(15)3-4-11(8)18/h2-4,6-7,18H,1,5H2,(H,16,19,21)/b10-7+. The predicted octanol–water partition coefficient (Wildman–Crippen LogP) is 1.97. The van der Waals surface area contributed by atoms with E-state index < -0.39 is 11.8 Å². The van der Waals surface area contributed by atoms with Crippen molar-refractivity contribution in [2.75, 3.05) is 6.54 Å². The molecule has 5 nitrogen and oxygen atoms in total. The molecule has 1 aromatic rings. The second-order valence-corrected chi connectivity index (χ2v) is 5.53. The molecule has 0 saturated carbocycles. The zero-order chi connectivity index (χ0) is 15.6. The third-order valence-electron chi connectivity index (χ3n) is 2.79. The highest BCUT2D eigenvalue weighted by molar-refractivity contribution is 9.10. The average Bonchev–Trinajstić information content (AvgIpc) is 2.43. The van der Waals surface area contributed by atoms with E-state index in [0.717, 1.165) is 0 Å². The third-order valence-corrected chi connectivity index (χ3v) is 3.60. The largest absolute Gasteiger partial charge is 0.507 e. The van der Waals surface area contributed by atoms with Crippen molar-refractivity contribution < 1.29 is 14.7 Å². The predicted molar refractivity (Wildman–Crippen MR) is 86.4 cm³/mol. The summed E-state index contributed by atoms with van der Waals surface area (Å²) < 4.78 is 0.717. The molecule has 1 aliphatic rings. The lowest BCUT2D eigenvalue weighted by atomic mass is 10.1. The summed E-state index contributed by atoms with van der Waals surface area (Å²) in [4.78, 5) is 25.5. The van der Waals surface area contributed by atoms with Crippen LogP contribution in [0.4, 0.5) is 0 Å². The summed E-state index contributed by atoms with van der Waals surface area (Å²) in [5.74, 6) is -1.15. The molecule has 21 heavy (non-hydrogen) atoms. The molecule has 0 radical (unpaired) electrons. The van der Waals surface area contributed by atoms with Crippen LogP contribution >= 0.6 is 28.1 Å². The first-order chi connectivity index (χ1) is 9.93. The molecule has 1 aromatic carbocycles. The van der Waals surface area contributed by atoms with E-state index in [1.165, 1.54) is 23.1 Å². The number of nitrogens with one attached hydrogen (secondary N) is 1. The maximum atomic E-state index is 12.3. The average molecular weight is 367 g/mol. The summed E-state index contributed by atoms with van der Waals surface area (Å²) in [7, 11) is 0. The van der Waals surface area contributed by atoms with Crippen molar-refractivity contribution in [1.29, 1.82) is 0 Å². The number of hydrogen-bond acceptors (Lipinski definition) is 4. The van der Waals surface area contributed by atoms with Crippen molar-refractivity contribution in [1.82, 2.24) is 10.2 Å². The zero-order valence-corrected chi connectivity index (χ0v) is 13.2. The molecular formula is C14H11BrN2O3S. The van der Waals surface area contributed by atoms with Crippen molar-refractivity contribution in [2.24, 2.45) is 0 Å². The Bertz CT molecular complexity index is 685. The molecule has 1 saturated heterocycles. The number of amides is 2. The Kier molecular flexibility index (Phi) is 4.54. The SMILES string of the molecule is C=CCN1C(=O)/C(=C/c2cc(Br)ccc2O)C(=O)NC1=S. The Morgan fingerprint density at radius 3 is 2.81 bits per heavy atom. The van der Waals surface area contributed by atoms with E-state index in [-0.39, 0.29) is 23.0 Å². The lowest BCUT2D eigenvalue weighted by Gasteiger charge is -2.27. The summed E-state index contributed by atoms with van der Waals surface area (Å²) in [6, 6.07) is 4.72. The van der Waals surface area contributed by atoms with Gasteiger partial charge >= 0.3 is 0 Å². The molecule has 0 aliphatic carbocycles. The Morgan fingerprint density at radius 2 is 2.14 bits per heavy atom. The van der Waals surface area contributed by atoms with Gasteiger partial charge in [-0.2, -0.15) is 0 Å². The number of phenolic OH excluding ortho intramolecular Hbond substituents is 1. The lowest BCUT2D eigenvalue weighted by Crippen LogP contribution is -2.53. The van der Waals surface area contributed by atoms with Crippen LogP contribution in [0.1, 0.15) is 5.56 Å². The fourth-order valence-corrected chi connectivity index (χ4v) is 2.41. The summed E-state index contributed by atoms with van der Waals surface area (Å²) in [5, 5.41) is 12.3. The molecule has 0 atom stereocenters. The van der Waals surface area contributed by atoms with Gasteiger partial charge in [-0.05, 0) is 36.5 Å². The van der Waals surface area contributed by atoms with Gasteiger partial charge in [0.15, 0.2) is 5.11 Å². The van der Waals surface area contributed by atoms with Gasteiger partial charge in [-0.25, -0.2) is 0 Å². The van der Waals surface area contributed by atoms with Crippen LogP contribution in [0.3, 0.4) is 0 Å². The van der Waals surface area contributed by atoms with Crippen LogP contribution in [0.5, 0.6) is 5.75 Å². The van der Waals surface area contributed by atoms with Gasteiger partial charge in [0.25, 0.3) is 11.8 Å². The number of carbonyl (C=O) groups excluding carboxylic acids is 2. The Labute approximate surface area is 135 Å². The minimum Gasteiger partial charge on any atom is -0.507 e. The number of aromatic hydroxyl groups is 1. The molecule has 1 aliphatic heterocycles. The number of phenols is 1. The van der Waals surface area contributed by atoms with Crippen LogP contribution in [0.25, 0.3) is 6.08 Å². The van der Waals surface area contributed by atoms with Crippen molar-refractivity contribution >= 4 is 51.2 Å². The number of carbonyl (C=O) groups is 2. The van der Waals surface area contributed by atoms with Gasteiger partial charge in [0, 0.05) is 16.6 Å². The Morgan fingerprint density at radius 1 is 1.43 bits per heavy atom. The number of rotatable bonds is 3. The molecule has 2 N–H and O–H groups in total. The van der Waals surface area contributed by atoms with E-state index in [0.29, 0.717) is 10.0 Å². The fourth-order valence-electron chi connectivity index (χ4n) is 1.79. The number of halogens is 1. The smallest absolute Gasteiger partial charge is 0.265 e. The van der Waals surface area contributed by atoms with E-state index in [1.54, 1.807) is 12.1 Å². The van der Waals surface area contributed by atoms with Crippen LogP contribution in [0, 0.1) is 0 Å². The molecule has 1 heterocycles. The molecule has 7 heteroatoms. The van der Waals surface area contributed by atoms with Crippen LogP contribution in [0.15, 0.2) is 40.9 Å². The second kappa shape index (κ2) is 6.19. The minimum absolute atomic E-state index is 0.0327. The summed E-state index contributed by atoms with van der Waals surface area (Å²) in [6.07, 6.45) is 2.84. The summed E-state index contributed by atoms with van der Waals surface area (Å²) in [5.41, 5.74) is 0.257. The van der Waals surface area contributed by atoms with Gasteiger partial charge in [0.1, 0.15) is 11.3 Å². The van der Waals surface area contributed by atoms with E-state index in [9.17, 15) is 14.7 Å². The minimum atomic E-state index is -0.593. The van der Waals surface area contributed by atoms with E-state index in [1.807, 2.05) is 0 Å². The fraction of sp³-hybridized carbons (Fsp3) is 0.0714. The van der Waals surface area contributed by atoms with Gasteiger partial charge in [0.05, 0.1) is 0 Å². The first-order valence-electron chi connectivity index (χ1n) is 5.92. The van der Waals surface area contributed by atoms with Gasteiger partial charge in [-0.15, -0.1) is 6.58 Å². The van der Waals surface area contributed by atoms with Gasteiger partial charge in [-0.3, -0.25) is 19.8 Å². The lowest BCUT2D eigenvalue weighted by molar-refractivity contribution is -0.128. The van der Waals surface area contributed by atoms with Gasteiger partial charge in [0.2, 0.25) is 0 Å².